The molecule has 118 valence electrons. The molecule has 0 amide bonds. The number of hydrogen-bond acceptors (Lipinski definition) is 3. The molecule has 0 radical (unpaired) electrons. The lowest BCUT2D eigenvalue weighted by molar-refractivity contribution is 0.0985. The van der Waals surface area contributed by atoms with Crippen LogP contribution in [0.5, 0.6) is 5.75 Å². The predicted octanol–water partition coefficient (Wildman–Crippen LogP) is 3.21. The number of ether oxygens (including phenoxy) is 1. The Morgan fingerprint density at radius 3 is 2.52 bits per heavy atom. The summed E-state index contributed by atoms with van der Waals surface area (Å²) < 4.78 is 5.71. The molecule has 2 atom stereocenters. The van der Waals surface area contributed by atoms with Gasteiger partial charge in [-0.2, -0.15) is 0 Å². The molecule has 2 N–H and O–H groups in total. The van der Waals surface area contributed by atoms with Crippen molar-refractivity contribution in [2.24, 2.45) is 5.41 Å². The van der Waals surface area contributed by atoms with Crippen LogP contribution in [0.1, 0.15) is 44.2 Å². The normalized spacial score (nSPS) is 22.2. The Hall–Kier alpha value is -1.06. The molecule has 3 heteroatoms. The van der Waals surface area contributed by atoms with Gasteiger partial charge in [-0.05, 0) is 55.4 Å². The number of hydrogen-bond donors (Lipinski definition) is 2. The zero-order valence-corrected chi connectivity index (χ0v) is 13.8. The van der Waals surface area contributed by atoms with E-state index in [1.165, 1.54) is 30.4 Å². The molecule has 0 spiro atoms. The number of aryl methyl sites for hydroxylation is 2. The minimum atomic E-state index is -0.470. The molecule has 1 aliphatic rings. The van der Waals surface area contributed by atoms with Gasteiger partial charge in [0.15, 0.2) is 0 Å². The molecular formula is C18H29NO2. The summed E-state index contributed by atoms with van der Waals surface area (Å²) in [5, 5.41) is 13.6. The summed E-state index contributed by atoms with van der Waals surface area (Å²) >= 11 is 0. The van der Waals surface area contributed by atoms with E-state index in [0.29, 0.717) is 24.6 Å². The second-order valence-electron chi connectivity index (χ2n) is 7.13. The van der Waals surface area contributed by atoms with E-state index in [1.54, 1.807) is 0 Å². The van der Waals surface area contributed by atoms with Crippen molar-refractivity contribution in [1.29, 1.82) is 0 Å². The first-order valence-corrected chi connectivity index (χ1v) is 7.99. The maximum absolute atomic E-state index is 10.1. The Balaban J connectivity index is 1.76. The lowest BCUT2D eigenvalue weighted by Gasteiger charge is -2.28. The Kier molecular flexibility index (Phi) is 5.28. The lowest BCUT2D eigenvalue weighted by atomic mass is 9.87. The van der Waals surface area contributed by atoms with Crippen molar-refractivity contribution >= 4 is 0 Å². The predicted molar refractivity (Wildman–Crippen MR) is 86.8 cm³/mol. The van der Waals surface area contributed by atoms with Crippen LogP contribution in [0.3, 0.4) is 0 Å². The first-order chi connectivity index (χ1) is 9.87. The van der Waals surface area contributed by atoms with Gasteiger partial charge < -0.3 is 15.2 Å². The third kappa shape index (κ3) is 4.72. The highest BCUT2D eigenvalue weighted by Crippen LogP contribution is 2.37. The van der Waals surface area contributed by atoms with Crippen LogP contribution in [0.15, 0.2) is 18.2 Å². The number of benzene rings is 1. The van der Waals surface area contributed by atoms with Crippen molar-refractivity contribution in [3.63, 3.8) is 0 Å². The average Bonchev–Trinajstić information content (AvgIpc) is 2.72. The van der Waals surface area contributed by atoms with Gasteiger partial charge in [0.1, 0.15) is 18.5 Å². The standard InChI is InChI=1S/C18H29NO2/c1-13-8-14(2)10-16(9-13)21-12-15(20)11-19-17-6-5-7-18(17,3)4/h8-10,15,17,19-20H,5-7,11-12H2,1-4H3. The highest BCUT2D eigenvalue weighted by atomic mass is 16.5. The van der Waals surface area contributed by atoms with Gasteiger partial charge in [0, 0.05) is 12.6 Å². The van der Waals surface area contributed by atoms with Crippen LogP contribution in [0.25, 0.3) is 0 Å². The molecule has 1 saturated carbocycles. The fourth-order valence-corrected chi connectivity index (χ4v) is 3.25. The van der Waals surface area contributed by atoms with E-state index in [-0.39, 0.29) is 0 Å². The Bertz CT molecular complexity index is 450. The molecule has 2 unspecified atom stereocenters. The summed E-state index contributed by atoms with van der Waals surface area (Å²) in [4.78, 5) is 0. The van der Waals surface area contributed by atoms with Gasteiger partial charge in [0.2, 0.25) is 0 Å². The molecule has 0 aromatic heterocycles. The van der Waals surface area contributed by atoms with Crippen LogP contribution in [0.4, 0.5) is 0 Å². The zero-order chi connectivity index (χ0) is 15.5. The summed E-state index contributed by atoms with van der Waals surface area (Å²) in [6, 6.07) is 6.64. The molecule has 0 heterocycles. The van der Waals surface area contributed by atoms with E-state index in [4.69, 9.17) is 4.74 Å². The summed E-state index contributed by atoms with van der Waals surface area (Å²) in [6.45, 7) is 9.65. The maximum atomic E-state index is 10.1. The van der Waals surface area contributed by atoms with E-state index >= 15 is 0 Å². The van der Waals surface area contributed by atoms with Crippen LogP contribution < -0.4 is 10.1 Å². The minimum absolute atomic E-state index is 0.336. The monoisotopic (exact) mass is 291 g/mol. The van der Waals surface area contributed by atoms with Crippen molar-refractivity contribution < 1.29 is 9.84 Å². The highest BCUT2D eigenvalue weighted by Gasteiger charge is 2.34. The van der Waals surface area contributed by atoms with E-state index < -0.39 is 6.10 Å². The summed E-state index contributed by atoms with van der Waals surface area (Å²) in [7, 11) is 0. The molecule has 1 aromatic rings. The smallest absolute Gasteiger partial charge is 0.119 e. The maximum Gasteiger partial charge on any atom is 0.119 e. The van der Waals surface area contributed by atoms with Crippen molar-refractivity contribution in [2.45, 2.75) is 59.1 Å². The van der Waals surface area contributed by atoms with Crippen LogP contribution in [-0.2, 0) is 0 Å². The van der Waals surface area contributed by atoms with Crippen molar-refractivity contribution in [1.82, 2.24) is 5.32 Å². The molecule has 0 bridgehead atoms. The van der Waals surface area contributed by atoms with Crippen LogP contribution >= 0.6 is 0 Å². The van der Waals surface area contributed by atoms with Crippen molar-refractivity contribution in [3.8, 4) is 5.75 Å². The molecule has 2 rings (SSSR count). The summed E-state index contributed by atoms with van der Waals surface area (Å²) in [6.07, 6.45) is 3.28. The number of aliphatic hydroxyl groups excluding tert-OH is 1. The Morgan fingerprint density at radius 1 is 1.29 bits per heavy atom. The fourth-order valence-electron chi connectivity index (χ4n) is 3.25. The van der Waals surface area contributed by atoms with Crippen LogP contribution in [0.2, 0.25) is 0 Å². The van der Waals surface area contributed by atoms with Gasteiger partial charge in [-0.3, -0.25) is 0 Å². The molecule has 0 aliphatic heterocycles. The SMILES string of the molecule is Cc1cc(C)cc(OCC(O)CNC2CCCC2(C)C)c1. The summed E-state index contributed by atoms with van der Waals surface area (Å²) in [5.74, 6) is 0.841. The number of aliphatic hydroxyl groups is 1. The first kappa shape index (κ1) is 16.3. The van der Waals surface area contributed by atoms with Gasteiger partial charge in [-0.15, -0.1) is 0 Å². The molecule has 0 saturated heterocycles. The van der Waals surface area contributed by atoms with E-state index in [2.05, 4.69) is 39.1 Å². The molecule has 1 aliphatic carbocycles. The van der Waals surface area contributed by atoms with Gasteiger partial charge in [-0.1, -0.05) is 26.3 Å². The first-order valence-electron chi connectivity index (χ1n) is 7.99. The van der Waals surface area contributed by atoms with E-state index in [9.17, 15) is 5.11 Å². The van der Waals surface area contributed by atoms with Crippen molar-refractivity contribution in [2.75, 3.05) is 13.2 Å². The van der Waals surface area contributed by atoms with Gasteiger partial charge >= 0.3 is 0 Å². The molecule has 1 fully saturated rings. The summed E-state index contributed by atoms with van der Waals surface area (Å²) in [5.41, 5.74) is 2.71. The second kappa shape index (κ2) is 6.80. The van der Waals surface area contributed by atoms with Gasteiger partial charge in [-0.25, -0.2) is 0 Å². The molecular weight excluding hydrogens is 262 g/mol. The number of rotatable bonds is 6. The van der Waals surface area contributed by atoms with Gasteiger partial charge in [0.05, 0.1) is 0 Å². The Morgan fingerprint density at radius 2 is 1.95 bits per heavy atom. The molecule has 1 aromatic carbocycles. The minimum Gasteiger partial charge on any atom is -0.491 e. The van der Waals surface area contributed by atoms with Gasteiger partial charge in [0.25, 0.3) is 0 Å². The van der Waals surface area contributed by atoms with E-state index in [1.807, 2.05) is 12.1 Å². The largest absolute Gasteiger partial charge is 0.491 e. The zero-order valence-electron chi connectivity index (χ0n) is 13.8. The highest BCUT2D eigenvalue weighted by molar-refractivity contribution is 5.32. The second-order valence-corrected chi connectivity index (χ2v) is 7.13. The van der Waals surface area contributed by atoms with Crippen molar-refractivity contribution in [3.05, 3.63) is 29.3 Å². The van der Waals surface area contributed by atoms with E-state index in [0.717, 1.165) is 5.75 Å². The Labute approximate surface area is 128 Å². The quantitative estimate of drug-likeness (QED) is 0.845. The topological polar surface area (TPSA) is 41.5 Å². The molecule has 3 nitrogen and oxygen atoms in total. The molecule has 21 heavy (non-hydrogen) atoms. The van der Waals surface area contributed by atoms with Crippen LogP contribution in [-0.4, -0.2) is 30.4 Å². The lowest BCUT2D eigenvalue weighted by Crippen LogP contribution is -2.43. The third-order valence-corrected chi connectivity index (χ3v) is 4.49. The average molecular weight is 291 g/mol. The van der Waals surface area contributed by atoms with Crippen LogP contribution in [0, 0.1) is 19.3 Å². The number of nitrogens with one attached hydrogen (secondary N) is 1. The fraction of sp³-hybridized carbons (Fsp3) is 0.667. The third-order valence-electron chi connectivity index (χ3n) is 4.49.